The Bertz CT molecular complexity index is 1040. The van der Waals surface area contributed by atoms with Gasteiger partial charge in [-0.2, -0.15) is 0 Å². The second-order valence-electron chi connectivity index (χ2n) is 5.87. The van der Waals surface area contributed by atoms with Gasteiger partial charge in [0.2, 0.25) is 0 Å². The van der Waals surface area contributed by atoms with E-state index in [1.54, 1.807) is 19.1 Å². The Balaban J connectivity index is 1.59. The number of carbonyl (C=O) groups excluding carboxylic acids is 2. The Kier molecular flexibility index (Phi) is 5.70. The molecule has 3 N–H and O–H groups in total. The van der Waals surface area contributed by atoms with E-state index in [0.29, 0.717) is 11.3 Å². The molecule has 2 aromatic heterocycles. The fourth-order valence-electron chi connectivity index (χ4n) is 2.46. The van der Waals surface area contributed by atoms with Crippen LogP contribution in [0.3, 0.4) is 0 Å². The highest BCUT2D eigenvalue weighted by Gasteiger charge is 2.21. The molecule has 0 aliphatic rings. The van der Waals surface area contributed by atoms with Crippen molar-refractivity contribution in [2.24, 2.45) is 0 Å². The molecule has 0 saturated heterocycles. The summed E-state index contributed by atoms with van der Waals surface area (Å²) in [7, 11) is 0. The number of hydrogen-bond acceptors (Lipinski definition) is 8. The zero-order valence-corrected chi connectivity index (χ0v) is 14.8. The average Bonchev–Trinajstić information content (AvgIpc) is 3.16. The molecule has 28 heavy (non-hydrogen) atoms. The number of rotatable bonds is 7. The second kappa shape index (κ2) is 8.35. The summed E-state index contributed by atoms with van der Waals surface area (Å²) < 4.78 is 15.1. The largest absolute Gasteiger partial charge is 0.484 e. The number of aliphatic hydroxyl groups is 1. The van der Waals surface area contributed by atoms with Crippen molar-refractivity contribution in [3.8, 4) is 5.75 Å². The summed E-state index contributed by atoms with van der Waals surface area (Å²) in [4.78, 5) is 35.5. The lowest BCUT2D eigenvalue weighted by Gasteiger charge is -2.15. The van der Waals surface area contributed by atoms with Crippen LogP contribution in [0.2, 0.25) is 0 Å². The second-order valence-corrected chi connectivity index (χ2v) is 5.87. The van der Waals surface area contributed by atoms with E-state index in [-0.39, 0.29) is 5.82 Å². The van der Waals surface area contributed by atoms with Crippen molar-refractivity contribution in [2.75, 3.05) is 18.5 Å². The summed E-state index contributed by atoms with van der Waals surface area (Å²) in [5.41, 5.74) is 0.617. The number of aryl methyl sites for hydroxylation is 1. The van der Waals surface area contributed by atoms with Gasteiger partial charge in [-0.05, 0) is 24.6 Å². The van der Waals surface area contributed by atoms with Gasteiger partial charge in [0.05, 0.1) is 6.61 Å². The first-order valence-corrected chi connectivity index (χ1v) is 8.25. The Morgan fingerprint density at radius 3 is 2.82 bits per heavy atom. The minimum absolute atomic E-state index is 0.155. The molecule has 0 saturated carbocycles. The van der Waals surface area contributed by atoms with Crippen LogP contribution < -0.4 is 21.0 Å². The zero-order valence-electron chi connectivity index (χ0n) is 14.8. The Hall–Kier alpha value is -3.66. The minimum atomic E-state index is -1.19. The lowest BCUT2D eigenvalue weighted by molar-refractivity contribution is -0.128. The standard InChI is InChI=1S/C18H17N3O7/c1-10-6-17(24)28-14-7-11(2-3-12(10)14)26-9-16(23)19-13(8-22)18(25)20-15-4-5-27-21-15/h2-7,13,22H,8-9H2,1H3,(H,19,23)(H,20,21,25). The van der Waals surface area contributed by atoms with Gasteiger partial charge >= 0.3 is 5.63 Å². The molecule has 2 amide bonds. The minimum Gasteiger partial charge on any atom is -0.484 e. The first-order chi connectivity index (χ1) is 13.5. The molecule has 1 unspecified atom stereocenters. The number of carbonyl (C=O) groups is 2. The summed E-state index contributed by atoms with van der Waals surface area (Å²) in [6.45, 7) is 0.761. The smallest absolute Gasteiger partial charge is 0.336 e. The van der Waals surface area contributed by atoms with E-state index in [9.17, 15) is 19.5 Å². The van der Waals surface area contributed by atoms with Gasteiger partial charge in [0.25, 0.3) is 11.8 Å². The van der Waals surface area contributed by atoms with Gasteiger partial charge in [0.1, 0.15) is 23.6 Å². The van der Waals surface area contributed by atoms with E-state index in [1.807, 2.05) is 0 Å². The molecular formula is C18H17N3O7. The molecule has 0 fully saturated rings. The van der Waals surface area contributed by atoms with Crippen molar-refractivity contribution >= 4 is 28.6 Å². The highest BCUT2D eigenvalue weighted by molar-refractivity contribution is 5.96. The number of anilines is 1. The number of ether oxygens (including phenoxy) is 1. The van der Waals surface area contributed by atoms with Crippen LogP contribution in [0.25, 0.3) is 11.0 Å². The Labute approximate surface area is 158 Å². The van der Waals surface area contributed by atoms with E-state index in [1.165, 1.54) is 24.5 Å². The molecule has 0 spiro atoms. The predicted octanol–water partition coefficient (Wildman–Crippen LogP) is 0.584. The molecule has 3 aromatic rings. The average molecular weight is 387 g/mol. The van der Waals surface area contributed by atoms with E-state index >= 15 is 0 Å². The van der Waals surface area contributed by atoms with Crippen molar-refractivity contribution in [3.63, 3.8) is 0 Å². The molecule has 1 atom stereocenters. The fourth-order valence-corrected chi connectivity index (χ4v) is 2.46. The molecule has 0 aliphatic carbocycles. The van der Waals surface area contributed by atoms with Crippen LogP contribution in [0, 0.1) is 6.92 Å². The monoisotopic (exact) mass is 387 g/mol. The molecule has 0 aliphatic heterocycles. The number of aliphatic hydroxyl groups excluding tert-OH is 1. The van der Waals surface area contributed by atoms with Crippen molar-refractivity contribution in [1.29, 1.82) is 0 Å². The Morgan fingerprint density at radius 2 is 2.11 bits per heavy atom. The number of nitrogens with one attached hydrogen (secondary N) is 2. The van der Waals surface area contributed by atoms with Crippen molar-refractivity contribution < 1.29 is 28.4 Å². The lowest BCUT2D eigenvalue weighted by atomic mass is 10.1. The number of fused-ring (bicyclic) bond motifs is 1. The molecule has 1 aromatic carbocycles. The SMILES string of the molecule is Cc1cc(=O)oc2cc(OCC(=O)NC(CO)C(=O)Nc3ccon3)ccc12. The van der Waals surface area contributed by atoms with E-state index in [4.69, 9.17) is 9.15 Å². The molecule has 0 radical (unpaired) electrons. The maximum Gasteiger partial charge on any atom is 0.336 e. The van der Waals surface area contributed by atoms with Crippen LogP contribution in [-0.4, -0.2) is 41.3 Å². The third-order valence-electron chi connectivity index (χ3n) is 3.82. The summed E-state index contributed by atoms with van der Waals surface area (Å²) >= 11 is 0. The number of hydrogen-bond donors (Lipinski definition) is 3. The van der Waals surface area contributed by atoms with Gasteiger partial charge in [-0.15, -0.1) is 0 Å². The maximum absolute atomic E-state index is 12.0. The summed E-state index contributed by atoms with van der Waals surface area (Å²) in [6.07, 6.45) is 1.27. The van der Waals surface area contributed by atoms with Gasteiger partial charge in [-0.25, -0.2) is 4.79 Å². The third-order valence-corrected chi connectivity index (χ3v) is 3.82. The number of nitrogens with zero attached hydrogens (tertiary/aromatic N) is 1. The highest BCUT2D eigenvalue weighted by Crippen LogP contribution is 2.22. The molecular weight excluding hydrogens is 370 g/mol. The maximum atomic E-state index is 12.0. The van der Waals surface area contributed by atoms with Crippen molar-refractivity contribution in [2.45, 2.75) is 13.0 Å². The first kappa shape index (κ1) is 19.1. The molecule has 10 heteroatoms. The van der Waals surface area contributed by atoms with Gasteiger partial charge in [0, 0.05) is 23.6 Å². The first-order valence-electron chi connectivity index (χ1n) is 8.25. The molecule has 0 bridgehead atoms. The van der Waals surface area contributed by atoms with Crippen molar-refractivity contribution in [1.82, 2.24) is 10.5 Å². The van der Waals surface area contributed by atoms with E-state index < -0.39 is 36.7 Å². The van der Waals surface area contributed by atoms with E-state index in [0.717, 1.165) is 10.9 Å². The summed E-state index contributed by atoms with van der Waals surface area (Å²) in [5, 5.41) is 18.3. The van der Waals surface area contributed by atoms with Gasteiger partial charge < -0.3 is 29.4 Å². The van der Waals surface area contributed by atoms with Crippen LogP contribution >= 0.6 is 0 Å². The summed E-state index contributed by atoms with van der Waals surface area (Å²) in [6, 6.07) is 6.45. The van der Waals surface area contributed by atoms with Gasteiger partial charge in [-0.3, -0.25) is 9.59 Å². The molecule has 2 heterocycles. The van der Waals surface area contributed by atoms with Crippen LogP contribution in [0.15, 0.2) is 50.3 Å². The van der Waals surface area contributed by atoms with Gasteiger partial charge in [0.15, 0.2) is 12.4 Å². The summed E-state index contributed by atoms with van der Waals surface area (Å²) in [5.74, 6) is -0.821. The topological polar surface area (TPSA) is 144 Å². The zero-order chi connectivity index (χ0) is 20.1. The van der Waals surface area contributed by atoms with Crippen LogP contribution in [0.4, 0.5) is 5.82 Å². The van der Waals surface area contributed by atoms with Crippen LogP contribution in [0.5, 0.6) is 5.75 Å². The van der Waals surface area contributed by atoms with Gasteiger partial charge in [-0.1, -0.05) is 5.16 Å². The molecule has 3 rings (SSSR count). The number of amides is 2. The van der Waals surface area contributed by atoms with Crippen LogP contribution in [0.1, 0.15) is 5.56 Å². The highest BCUT2D eigenvalue weighted by atomic mass is 16.5. The number of aromatic nitrogens is 1. The van der Waals surface area contributed by atoms with Crippen molar-refractivity contribution in [3.05, 3.63) is 52.6 Å². The lowest BCUT2D eigenvalue weighted by Crippen LogP contribution is -2.47. The quantitative estimate of drug-likeness (QED) is 0.500. The Morgan fingerprint density at radius 1 is 1.29 bits per heavy atom. The molecule has 146 valence electrons. The predicted molar refractivity (Wildman–Crippen MR) is 96.9 cm³/mol. The number of benzene rings is 1. The normalized spacial score (nSPS) is 11.8. The van der Waals surface area contributed by atoms with E-state index in [2.05, 4.69) is 20.3 Å². The fraction of sp³-hybridized carbons (Fsp3) is 0.222. The third kappa shape index (κ3) is 4.54. The van der Waals surface area contributed by atoms with Crippen LogP contribution in [-0.2, 0) is 9.59 Å². The molecule has 10 nitrogen and oxygen atoms in total.